The van der Waals surface area contributed by atoms with Crippen molar-refractivity contribution in [1.82, 2.24) is 4.98 Å². The van der Waals surface area contributed by atoms with Crippen LogP contribution in [0.25, 0.3) is 11.5 Å². The van der Waals surface area contributed by atoms with Gasteiger partial charge in [-0.1, -0.05) is 18.5 Å². The lowest BCUT2D eigenvalue weighted by molar-refractivity contribution is 0.0662. The molecular formula is C12H9BrClNO3. The maximum Gasteiger partial charge on any atom is 0.373 e. The van der Waals surface area contributed by atoms with Crippen LogP contribution in [0.1, 0.15) is 23.2 Å². The van der Waals surface area contributed by atoms with E-state index in [0.717, 1.165) is 4.47 Å². The van der Waals surface area contributed by atoms with E-state index in [1.807, 2.05) is 6.92 Å². The molecule has 0 aliphatic carbocycles. The van der Waals surface area contributed by atoms with Crippen molar-refractivity contribution in [3.05, 3.63) is 39.1 Å². The second kappa shape index (κ2) is 5.12. The summed E-state index contributed by atoms with van der Waals surface area (Å²) in [6.07, 6.45) is 0.495. The molecule has 0 aliphatic rings. The molecule has 94 valence electrons. The average molecular weight is 331 g/mol. The lowest BCUT2D eigenvalue weighted by Gasteiger charge is -1.98. The minimum atomic E-state index is -1.12. The van der Waals surface area contributed by atoms with Crippen LogP contribution in [0.3, 0.4) is 0 Å². The standard InChI is InChI=1S/C12H9BrClNO3/c1-2-9-10(12(16)17)18-11(15-9)6-3-4-7(13)8(14)5-6/h3-5H,2H2,1H3,(H,16,17). The molecule has 0 amide bonds. The van der Waals surface area contributed by atoms with E-state index >= 15 is 0 Å². The number of oxazole rings is 1. The first-order chi connectivity index (χ1) is 8.52. The van der Waals surface area contributed by atoms with Crippen molar-refractivity contribution < 1.29 is 14.3 Å². The summed E-state index contributed by atoms with van der Waals surface area (Å²) < 4.78 is 6.02. The Morgan fingerprint density at radius 2 is 2.28 bits per heavy atom. The minimum Gasteiger partial charge on any atom is -0.475 e. The van der Waals surface area contributed by atoms with Crippen LogP contribution in [0.5, 0.6) is 0 Å². The first-order valence-corrected chi connectivity index (χ1v) is 6.38. The van der Waals surface area contributed by atoms with Gasteiger partial charge in [0.1, 0.15) is 0 Å². The third-order valence-electron chi connectivity index (χ3n) is 2.39. The number of carboxylic acid groups (broad SMARTS) is 1. The molecule has 4 nitrogen and oxygen atoms in total. The number of hydrogen-bond donors (Lipinski definition) is 1. The van der Waals surface area contributed by atoms with Gasteiger partial charge in [0.2, 0.25) is 11.7 Å². The van der Waals surface area contributed by atoms with E-state index in [2.05, 4.69) is 20.9 Å². The molecule has 0 saturated carbocycles. The number of nitrogens with zero attached hydrogens (tertiary/aromatic N) is 1. The summed E-state index contributed by atoms with van der Waals surface area (Å²) in [5, 5.41) is 9.50. The highest BCUT2D eigenvalue weighted by Crippen LogP contribution is 2.29. The van der Waals surface area contributed by atoms with E-state index in [9.17, 15) is 4.79 Å². The van der Waals surface area contributed by atoms with Crippen molar-refractivity contribution in [1.29, 1.82) is 0 Å². The van der Waals surface area contributed by atoms with Gasteiger partial charge in [-0.2, -0.15) is 0 Å². The molecule has 1 heterocycles. The first kappa shape index (κ1) is 13.1. The Kier molecular flexibility index (Phi) is 3.73. The van der Waals surface area contributed by atoms with Crippen molar-refractivity contribution in [2.75, 3.05) is 0 Å². The normalized spacial score (nSPS) is 10.6. The number of carboxylic acids is 1. The van der Waals surface area contributed by atoms with Gasteiger partial charge in [-0.15, -0.1) is 0 Å². The second-order valence-electron chi connectivity index (χ2n) is 3.58. The second-order valence-corrected chi connectivity index (χ2v) is 4.84. The predicted octanol–water partition coefficient (Wildman–Crippen LogP) is 4.02. The van der Waals surface area contributed by atoms with Gasteiger partial charge in [0, 0.05) is 10.0 Å². The number of aromatic nitrogens is 1. The summed E-state index contributed by atoms with van der Waals surface area (Å²) in [4.78, 5) is 15.1. The molecule has 1 aromatic carbocycles. The lowest BCUT2D eigenvalue weighted by Crippen LogP contribution is -1.98. The molecule has 1 N–H and O–H groups in total. The van der Waals surface area contributed by atoms with Crippen LogP contribution in [-0.2, 0) is 6.42 Å². The maximum absolute atomic E-state index is 11.0. The van der Waals surface area contributed by atoms with Crippen molar-refractivity contribution >= 4 is 33.5 Å². The Morgan fingerprint density at radius 3 is 2.78 bits per heavy atom. The molecule has 6 heteroatoms. The Morgan fingerprint density at radius 1 is 1.56 bits per heavy atom. The molecule has 0 spiro atoms. The van der Waals surface area contributed by atoms with Gasteiger partial charge in [0.15, 0.2) is 0 Å². The molecule has 0 atom stereocenters. The van der Waals surface area contributed by atoms with Gasteiger partial charge < -0.3 is 9.52 Å². The third kappa shape index (κ3) is 2.42. The van der Waals surface area contributed by atoms with Gasteiger partial charge in [0.05, 0.1) is 10.7 Å². The van der Waals surface area contributed by atoms with Gasteiger partial charge in [-0.3, -0.25) is 0 Å². The summed E-state index contributed by atoms with van der Waals surface area (Å²) in [6.45, 7) is 1.82. The van der Waals surface area contributed by atoms with Crippen LogP contribution >= 0.6 is 27.5 Å². The molecule has 0 fully saturated rings. The predicted molar refractivity (Wildman–Crippen MR) is 71.0 cm³/mol. The minimum absolute atomic E-state index is 0.119. The van der Waals surface area contributed by atoms with Crippen LogP contribution in [0, 0.1) is 0 Å². The monoisotopic (exact) mass is 329 g/mol. The highest BCUT2D eigenvalue weighted by molar-refractivity contribution is 9.10. The zero-order valence-corrected chi connectivity index (χ0v) is 11.7. The zero-order chi connectivity index (χ0) is 13.3. The van der Waals surface area contributed by atoms with Gasteiger partial charge in [0.25, 0.3) is 0 Å². The lowest BCUT2D eigenvalue weighted by atomic mass is 10.2. The van der Waals surface area contributed by atoms with Crippen molar-refractivity contribution in [2.45, 2.75) is 13.3 Å². The molecule has 0 radical (unpaired) electrons. The first-order valence-electron chi connectivity index (χ1n) is 5.21. The van der Waals surface area contributed by atoms with E-state index < -0.39 is 5.97 Å². The van der Waals surface area contributed by atoms with E-state index in [0.29, 0.717) is 22.7 Å². The van der Waals surface area contributed by atoms with E-state index in [1.165, 1.54) is 0 Å². The van der Waals surface area contributed by atoms with E-state index in [-0.39, 0.29) is 11.7 Å². The van der Waals surface area contributed by atoms with Crippen molar-refractivity contribution in [3.63, 3.8) is 0 Å². The molecule has 0 aliphatic heterocycles. The van der Waals surface area contributed by atoms with Gasteiger partial charge in [-0.05, 0) is 40.5 Å². The smallest absolute Gasteiger partial charge is 0.373 e. The Bertz CT molecular complexity index is 609. The fourth-order valence-corrected chi connectivity index (χ4v) is 1.94. The highest BCUT2D eigenvalue weighted by Gasteiger charge is 2.19. The summed E-state index contributed by atoms with van der Waals surface area (Å²) in [7, 11) is 0. The van der Waals surface area contributed by atoms with E-state index in [1.54, 1.807) is 18.2 Å². The maximum atomic E-state index is 11.0. The Labute approximate surface area is 117 Å². The molecule has 18 heavy (non-hydrogen) atoms. The van der Waals surface area contributed by atoms with E-state index in [4.69, 9.17) is 21.1 Å². The van der Waals surface area contributed by atoms with Crippen LogP contribution in [0.4, 0.5) is 0 Å². The SMILES string of the molecule is CCc1nc(-c2ccc(Br)c(Cl)c2)oc1C(=O)O. The number of rotatable bonds is 3. The topological polar surface area (TPSA) is 63.3 Å². The number of hydrogen-bond acceptors (Lipinski definition) is 3. The highest BCUT2D eigenvalue weighted by atomic mass is 79.9. The number of halogens is 2. The van der Waals surface area contributed by atoms with Crippen LogP contribution in [-0.4, -0.2) is 16.1 Å². The summed E-state index contributed by atoms with van der Waals surface area (Å²) in [5.41, 5.74) is 1.07. The third-order valence-corrected chi connectivity index (χ3v) is 3.63. The Balaban J connectivity index is 2.50. The van der Waals surface area contributed by atoms with Crippen LogP contribution in [0.15, 0.2) is 27.1 Å². The molecule has 2 rings (SSSR count). The van der Waals surface area contributed by atoms with Gasteiger partial charge >= 0.3 is 5.97 Å². The number of carbonyl (C=O) groups is 1. The molecule has 0 bridgehead atoms. The Hall–Kier alpha value is -1.33. The fraction of sp³-hybridized carbons (Fsp3) is 0.167. The summed E-state index contributed by atoms with van der Waals surface area (Å²) in [5.74, 6) is -0.973. The largest absolute Gasteiger partial charge is 0.475 e. The molecule has 0 saturated heterocycles. The molecule has 0 unspecified atom stereocenters. The quantitative estimate of drug-likeness (QED) is 0.923. The molecule has 2 aromatic rings. The molecular weight excluding hydrogens is 321 g/mol. The molecule has 1 aromatic heterocycles. The fourth-order valence-electron chi connectivity index (χ4n) is 1.51. The number of aryl methyl sites for hydroxylation is 1. The van der Waals surface area contributed by atoms with Crippen LogP contribution in [0.2, 0.25) is 5.02 Å². The number of benzene rings is 1. The summed E-state index contributed by atoms with van der Waals surface area (Å²) in [6, 6.07) is 5.18. The van der Waals surface area contributed by atoms with Crippen molar-refractivity contribution in [3.8, 4) is 11.5 Å². The average Bonchev–Trinajstić information content (AvgIpc) is 2.77. The summed E-state index contributed by atoms with van der Waals surface area (Å²) >= 11 is 9.26. The number of aromatic carboxylic acids is 1. The van der Waals surface area contributed by atoms with Crippen molar-refractivity contribution in [2.24, 2.45) is 0 Å². The van der Waals surface area contributed by atoms with Gasteiger partial charge in [-0.25, -0.2) is 9.78 Å². The van der Waals surface area contributed by atoms with Crippen LogP contribution < -0.4 is 0 Å². The zero-order valence-electron chi connectivity index (χ0n) is 9.41.